The number of piperazine rings is 1. The third kappa shape index (κ3) is 3.72. The second kappa shape index (κ2) is 8.52. The first-order chi connectivity index (χ1) is 14.3. The molecule has 0 aliphatic carbocycles. The third-order valence-corrected chi connectivity index (χ3v) is 5.30. The maximum atomic E-state index is 13.0. The minimum absolute atomic E-state index is 0.160. The van der Waals surface area contributed by atoms with Gasteiger partial charge in [-0.2, -0.15) is 0 Å². The lowest BCUT2D eigenvalue weighted by molar-refractivity contribution is 0.0745. The summed E-state index contributed by atoms with van der Waals surface area (Å²) in [5, 5.41) is 0. The van der Waals surface area contributed by atoms with Crippen molar-refractivity contribution in [1.82, 2.24) is 14.0 Å². The van der Waals surface area contributed by atoms with Gasteiger partial charge in [-0.15, -0.1) is 0 Å². The van der Waals surface area contributed by atoms with Gasteiger partial charge >= 0.3 is 5.69 Å². The lowest BCUT2D eigenvalue weighted by Gasteiger charge is -2.36. The molecule has 0 unspecified atom stereocenters. The molecule has 0 spiro atoms. The highest BCUT2D eigenvalue weighted by Crippen LogP contribution is 2.38. The monoisotopic (exact) mass is 418 g/mol. The highest BCUT2D eigenvalue weighted by molar-refractivity contribution is 5.95. The largest absolute Gasteiger partial charge is 0.493 e. The van der Waals surface area contributed by atoms with Crippen LogP contribution in [0.2, 0.25) is 0 Å². The SMILES string of the molecule is COc1cc(C(=O)N2CCN(c3cc(=O)n(C)c(=O)n3C)CC2)cc(OC)c1OC. The van der Waals surface area contributed by atoms with Crippen molar-refractivity contribution >= 4 is 11.7 Å². The molecule has 162 valence electrons. The number of amides is 1. The molecule has 3 rings (SSSR count). The zero-order valence-electron chi connectivity index (χ0n) is 17.8. The summed E-state index contributed by atoms with van der Waals surface area (Å²) in [4.78, 5) is 40.9. The minimum atomic E-state index is -0.381. The molecule has 10 heteroatoms. The molecule has 1 fully saturated rings. The molecule has 2 aromatic rings. The van der Waals surface area contributed by atoms with Gasteiger partial charge in [-0.25, -0.2) is 4.79 Å². The molecule has 0 N–H and O–H groups in total. The second-order valence-corrected chi connectivity index (χ2v) is 6.93. The molecule has 30 heavy (non-hydrogen) atoms. The Morgan fingerprint density at radius 3 is 1.90 bits per heavy atom. The number of ether oxygens (including phenoxy) is 3. The van der Waals surface area contributed by atoms with E-state index in [1.165, 1.54) is 39.0 Å². The van der Waals surface area contributed by atoms with Crippen LogP contribution >= 0.6 is 0 Å². The average Bonchev–Trinajstić information content (AvgIpc) is 2.78. The Morgan fingerprint density at radius 1 is 0.833 bits per heavy atom. The fraction of sp³-hybridized carbons (Fsp3) is 0.450. The molecule has 1 aliphatic rings. The molecule has 2 heterocycles. The lowest BCUT2D eigenvalue weighted by atomic mass is 10.1. The summed E-state index contributed by atoms with van der Waals surface area (Å²) in [6.45, 7) is 1.88. The van der Waals surface area contributed by atoms with E-state index < -0.39 is 0 Å². The summed E-state index contributed by atoms with van der Waals surface area (Å²) in [6, 6.07) is 4.69. The Balaban J connectivity index is 1.80. The van der Waals surface area contributed by atoms with E-state index in [0.717, 1.165) is 4.57 Å². The van der Waals surface area contributed by atoms with Crippen molar-refractivity contribution in [2.45, 2.75) is 0 Å². The number of hydrogen-bond acceptors (Lipinski definition) is 7. The Kier molecular flexibility index (Phi) is 6.04. The number of aromatic nitrogens is 2. The maximum Gasteiger partial charge on any atom is 0.332 e. The summed E-state index contributed by atoms with van der Waals surface area (Å²) in [5.41, 5.74) is -0.309. The summed E-state index contributed by atoms with van der Waals surface area (Å²) in [6.07, 6.45) is 0. The van der Waals surface area contributed by atoms with Gasteiger partial charge in [0.25, 0.3) is 11.5 Å². The van der Waals surface area contributed by atoms with Crippen LogP contribution in [0.5, 0.6) is 17.2 Å². The number of rotatable bonds is 5. The Morgan fingerprint density at radius 2 is 1.40 bits per heavy atom. The van der Waals surface area contributed by atoms with Crippen molar-refractivity contribution in [3.8, 4) is 17.2 Å². The summed E-state index contributed by atoms with van der Waals surface area (Å²) in [7, 11) is 7.58. The van der Waals surface area contributed by atoms with E-state index in [1.54, 1.807) is 24.1 Å². The smallest absolute Gasteiger partial charge is 0.332 e. The molecule has 0 radical (unpaired) electrons. The first-order valence-electron chi connectivity index (χ1n) is 9.43. The number of carbonyl (C=O) groups is 1. The van der Waals surface area contributed by atoms with E-state index in [1.807, 2.05) is 4.90 Å². The standard InChI is InChI=1S/C20H26N4O6/c1-21-16(12-17(25)22(2)20(21)27)23-6-8-24(9-7-23)19(26)13-10-14(28-3)18(30-5)15(11-13)29-4/h10-12H,6-9H2,1-5H3. The van der Waals surface area contributed by atoms with Crippen LogP contribution in [0.15, 0.2) is 27.8 Å². The Hall–Kier alpha value is -3.43. The average molecular weight is 418 g/mol. The molecule has 1 amide bonds. The Bertz CT molecular complexity index is 1040. The molecule has 0 bridgehead atoms. The number of anilines is 1. The molecular weight excluding hydrogens is 392 g/mol. The fourth-order valence-electron chi connectivity index (χ4n) is 3.55. The van der Waals surface area contributed by atoms with Gasteiger partial charge in [0.2, 0.25) is 5.75 Å². The number of carbonyl (C=O) groups excluding carboxylic acids is 1. The highest BCUT2D eigenvalue weighted by Gasteiger charge is 2.26. The second-order valence-electron chi connectivity index (χ2n) is 6.93. The molecule has 0 atom stereocenters. The molecule has 1 aromatic heterocycles. The van der Waals surface area contributed by atoms with Crippen LogP contribution in [0.1, 0.15) is 10.4 Å². The van der Waals surface area contributed by atoms with Gasteiger partial charge in [-0.1, -0.05) is 0 Å². The predicted molar refractivity (Wildman–Crippen MR) is 111 cm³/mol. The maximum absolute atomic E-state index is 13.0. The van der Waals surface area contributed by atoms with Gasteiger partial charge < -0.3 is 24.0 Å². The van der Waals surface area contributed by atoms with Crippen LogP contribution in [0, 0.1) is 0 Å². The highest BCUT2D eigenvalue weighted by atomic mass is 16.5. The van der Waals surface area contributed by atoms with Crippen molar-refractivity contribution in [2.24, 2.45) is 14.1 Å². The van der Waals surface area contributed by atoms with Crippen LogP contribution in [0.4, 0.5) is 5.82 Å². The molecule has 0 saturated carbocycles. The molecule has 1 aromatic carbocycles. The van der Waals surface area contributed by atoms with Crippen molar-refractivity contribution in [3.63, 3.8) is 0 Å². The number of benzene rings is 1. The van der Waals surface area contributed by atoms with Crippen molar-refractivity contribution in [2.75, 3.05) is 52.4 Å². The van der Waals surface area contributed by atoms with Crippen molar-refractivity contribution in [3.05, 3.63) is 44.6 Å². The van der Waals surface area contributed by atoms with Gasteiger partial charge in [0.05, 0.1) is 21.3 Å². The van der Waals surface area contributed by atoms with Gasteiger partial charge in [-0.3, -0.25) is 18.7 Å². The van der Waals surface area contributed by atoms with Gasteiger partial charge in [0.1, 0.15) is 5.82 Å². The van der Waals surface area contributed by atoms with E-state index >= 15 is 0 Å². The van der Waals surface area contributed by atoms with Crippen LogP contribution in [-0.2, 0) is 14.1 Å². The summed E-state index contributed by atoms with van der Waals surface area (Å²) in [5.74, 6) is 1.63. The van der Waals surface area contributed by atoms with Crippen LogP contribution in [-0.4, -0.2) is 67.4 Å². The van der Waals surface area contributed by atoms with E-state index in [9.17, 15) is 14.4 Å². The van der Waals surface area contributed by atoms with Crippen LogP contribution < -0.4 is 30.4 Å². The molecule has 1 saturated heterocycles. The zero-order chi connectivity index (χ0) is 22.0. The Labute approximate surface area is 173 Å². The third-order valence-electron chi connectivity index (χ3n) is 5.30. The summed E-state index contributed by atoms with van der Waals surface area (Å²) >= 11 is 0. The fourth-order valence-corrected chi connectivity index (χ4v) is 3.55. The van der Waals surface area contributed by atoms with Crippen LogP contribution in [0.25, 0.3) is 0 Å². The zero-order valence-corrected chi connectivity index (χ0v) is 17.8. The quantitative estimate of drug-likeness (QED) is 0.678. The van der Waals surface area contributed by atoms with Gasteiger partial charge in [0, 0.05) is 51.9 Å². The van der Waals surface area contributed by atoms with E-state index in [2.05, 4.69) is 0 Å². The van der Waals surface area contributed by atoms with E-state index in [4.69, 9.17) is 14.2 Å². The summed E-state index contributed by atoms with van der Waals surface area (Å²) < 4.78 is 18.5. The number of methoxy groups -OCH3 is 3. The molecule has 10 nitrogen and oxygen atoms in total. The van der Waals surface area contributed by atoms with Gasteiger partial charge in [-0.05, 0) is 12.1 Å². The van der Waals surface area contributed by atoms with Crippen LogP contribution in [0.3, 0.4) is 0 Å². The van der Waals surface area contributed by atoms with E-state index in [-0.39, 0.29) is 17.2 Å². The molecule has 1 aliphatic heterocycles. The topological polar surface area (TPSA) is 95.2 Å². The predicted octanol–water partition coefficient (Wildman–Crippen LogP) is 0.0722. The first-order valence-corrected chi connectivity index (χ1v) is 9.43. The first kappa shape index (κ1) is 21.3. The van der Waals surface area contributed by atoms with E-state index in [0.29, 0.717) is 54.8 Å². The van der Waals surface area contributed by atoms with Gasteiger partial charge in [0.15, 0.2) is 11.5 Å². The van der Waals surface area contributed by atoms with Crippen molar-refractivity contribution < 1.29 is 19.0 Å². The number of hydrogen-bond donors (Lipinski definition) is 0. The van der Waals surface area contributed by atoms with Crippen molar-refractivity contribution in [1.29, 1.82) is 0 Å². The molecular formula is C20H26N4O6. The normalized spacial score (nSPS) is 13.9. The minimum Gasteiger partial charge on any atom is -0.493 e. The lowest BCUT2D eigenvalue weighted by Crippen LogP contribution is -2.51. The number of nitrogens with zero attached hydrogens (tertiary/aromatic N) is 4.